The van der Waals surface area contributed by atoms with Gasteiger partial charge < -0.3 is 10.5 Å². The summed E-state index contributed by atoms with van der Waals surface area (Å²) in [5, 5.41) is 0.723. The zero-order valence-electron chi connectivity index (χ0n) is 8.53. The second-order valence-corrected chi connectivity index (χ2v) is 4.07. The molecule has 15 heavy (non-hydrogen) atoms. The molecular formula is C11H13ClN2O. The Balaban J connectivity index is 2.39. The standard InChI is InChI=1S/C11H13ClN2O/c1-2-11(7-15-10(13)14-11)8-3-5-9(12)6-4-8/h3-6H,2,7H2,1H3,(H2,13,14)/t11-/m1/s1. The van der Waals surface area contributed by atoms with Crippen molar-refractivity contribution in [2.75, 3.05) is 6.61 Å². The van der Waals surface area contributed by atoms with Crippen LogP contribution in [0, 0.1) is 0 Å². The van der Waals surface area contributed by atoms with Crippen molar-refractivity contribution in [3.8, 4) is 0 Å². The smallest absolute Gasteiger partial charge is 0.283 e. The third kappa shape index (κ3) is 1.79. The molecule has 0 saturated heterocycles. The van der Waals surface area contributed by atoms with Gasteiger partial charge in [0, 0.05) is 5.02 Å². The summed E-state index contributed by atoms with van der Waals surface area (Å²) in [5.74, 6) is 0. The molecule has 0 spiro atoms. The molecule has 1 aromatic rings. The Labute approximate surface area is 93.9 Å². The number of amidine groups is 1. The normalized spacial score (nSPS) is 24.8. The Morgan fingerprint density at radius 3 is 2.60 bits per heavy atom. The van der Waals surface area contributed by atoms with Crippen LogP contribution in [0.4, 0.5) is 0 Å². The lowest BCUT2D eigenvalue weighted by atomic mass is 9.89. The Morgan fingerprint density at radius 2 is 2.13 bits per heavy atom. The van der Waals surface area contributed by atoms with Gasteiger partial charge in [-0.05, 0) is 24.1 Å². The van der Waals surface area contributed by atoms with Gasteiger partial charge in [0.1, 0.15) is 12.1 Å². The molecule has 3 nitrogen and oxygen atoms in total. The van der Waals surface area contributed by atoms with E-state index < -0.39 is 0 Å². The van der Waals surface area contributed by atoms with Crippen LogP contribution in [0.5, 0.6) is 0 Å². The van der Waals surface area contributed by atoms with Crippen molar-refractivity contribution in [2.45, 2.75) is 18.9 Å². The molecule has 0 unspecified atom stereocenters. The molecule has 2 rings (SSSR count). The maximum absolute atomic E-state index is 5.84. The highest BCUT2D eigenvalue weighted by molar-refractivity contribution is 6.30. The summed E-state index contributed by atoms with van der Waals surface area (Å²) in [7, 11) is 0. The second kappa shape index (κ2) is 3.74. The maximum atomic E-state index is 5.84. The Kier molecular flexibility index (Phi) is 2.57. The van der Waals surface area contributed by atoms with E-state index in [0.717, 1.165) is 17.0 Å². The van der Waals surface area contributed by atoms with Crippen LogP contribution in [0.1, 0.15) is 18.9 Å². The number of hydrogen-bond donors (Lipinski definition) is 1. The number of ether oxygens (including phenoxy) is 1. The highest BCUT2D eigenvalue weighted by atomic mass is 35.5. The van der Waals surface area contributed by atoms with Crippen LogP contribution in [0.2, 0.25) is 5.02 Å². The maximum Gasteiger partial charge on any atom is 0.283 e. The summed E-state index contributed by atoms with van der Waals surface area (Å²) in [6.07, 6.45) is 0.856. The van der Waals surface area contributed by atoms with Gasteiger partial charge in [-0.1, -0.05) is 30.7 Å². The molecule has 1 aliphatic heterocycles. The molecule has 1 heterocycles. The van der Waals surface area contributed by atoms with Crippen LogP contribution >= 0.6 is 11.6 Å². The van der Waals surface area contributed by atoms with Crippen LogP contribution in [-0.2, 0) is 10.3 Å². The average Bonchev–Trinajstić information content (AvgIpc) is 2.62. The average molecular weight is 225 g/mol. The summed E-state index contributed by atoms with van der Waals surface area (Å²) in [6.45, 7) is 2.58. The summed E-state index contributed by atoms with van der Waals surface area (Å²) < 4.78 is 5.24. The number of hydrogen-bond acceptors (Lipinski definition) is 3. The lowest BCUT2D eigenvalue weighted by Gasteiger charge is -2.22. The minimum absolute atomic E-state index is 0.270. The lowest BCUT2D eigenvalue weighted by molar-refractivity contribution is 0.249. The van der Waals surface area contributed by atoms with Gasteiger partial charge in [-0.15, -0.1) is 0 Å². The quantitative estimate of drug-likeness (QED) is 0.838. The van der Waals surface area contributed by atoms with Crippen molar-refractivity contribution in [3.05, 3.63) is 34.9 Å². The van der Waals surface area contributed by atoms with Gasteiger partial charge in [0.05, 0.1) is 0 Å². The molecule has 4 heteroatoms. The van der Waals surface area contributed by atoms with Crippen molar-refractivity contribution in [1.29, 1.82) is 0 Å². The van der Waals surface area contributed by atoms with Crippen molar-refractivity contribution in [3.63, 3.8) is 0 Å². The highest BCUT2D eigenvalue weighted by Gasteiger charge is 2.35. The van der Waals surface area contributed by atoms with Crippen molar-refractivity contribution >= 4 is 17.6 Å². The first-order chi connectivity index (χ1) is 7.16. The van der Waals surface area contributed by atoms with Gasteiger partial charge >= 0.3 is 0 Å². The monoisotopic (exact) mass is 224 g/mol. The van der Waals surface area contributed by atoms with E-state index in [0.29, 0.717) is 6.61 Å². The van der Waals surface area contributed by atoms with E-state index in [4.69, 9.17) is 22.1 Å². The number of benzene rings is 1. The number of aliphatic imine (C=N–C) groups is 1. The molecule has 1 aliphatic rings. The van der Waals surface area contributed by atoms with Crippen LogP contribution in [0.15, 0.2) is 29.3 Å². The minimum Gasteiger partial charge on any atom is -0.462 e. The van der Waals surface area contributed by atoms with Gasteiger partial charge in [0.15, 0.2) is 0 Å². The fourth-order valence-electron chi connectivity index (χ4n) is 1.76. The minimum atomic E-state index is -0.325. The molecule has 0 saturated carbocycles. The molecule has 0 bridgehead atoms. The van der Waals surface area contributed by atoms with E-state index in [-0.39, 0.29) is 11.6 Å². The third-order valence-corrected chi connectivity index (χ3v) is 3.00. The predicted octanol–water partition coefficient (Wildman–Crippen LogP) is 2.29. The number of nitrogens with zero attached hydrogens (tertiary/aromatic N) is 1. The zero-order valence-corrected chi connectivity index (χ0v) is 9.29. The molecule has 1 aromatic carbocycles. The van der Waals surface area contributed by atoms with Crippen LogP contribution in [0.25, 0.3) is 0 Å². The topological polar surface area (TPSA) is 47.6 Å². The van der Waals surface area contributed by atoms with Gasteiger partial charge in [0.25, 0.3) is 6.02 Å². The molecule has 80 valence electrons. The summed E-state index contributed by atoms with van der Waals surface area (Å²) in [4.78, 5) is 4.37. The fourth-order valence-corrected chi connectivity index (χ4v) is 1.89. The highest BCUT2D eigenvalue weighted by Crippen LogP contribution is 2.33. The molecular weight excluding hydrogens is 212 g/mol. The summed E-state index contributed by atoms with van der Waals surface area (Å²) >= 11 is 5.84. The Bertz CT molecular complexity index is 388. The zero-order chi connectivity index (χ0) is 10.9. The molecule has 0 amide bonds. The van der Waals surface area contributed by atoms with Gasteiger partial charge in [-0.25, -0.2) is 4.99 Å². The van der Waals surface area contributed by atoms with Gasteiger partial charge in [-0.2, -0.15) is 0 Å². The van der Waals surface area contributed by atoms with E-state index in [2.05, 4.69) is 11.9 Å². The number of halogens is 1. The molecule has 0 radical (unpaired) electrons. The number of rotatable bonds is 2. The van der Waals surface area contributed by atoms with Gasteiger partial charge in [0.2, 0.25) is 0 Å². The van der Waals surface area contributed by atoms with Crippen molar-refractivity contribution in [1.82, 2.24) is 0 Å². The molecule has 0 fully saturated rings. The summed E-state index contributed by atoms with van der Waals surface area (Å²) in [6, 6.07) is 7.93. The first-order valence-corrected chi connectivity index (χ1v) is 5.28. The van der Waals surface area contributed by atoms with Crippen molar-refractivity contribution in [2.24, 2.45) is 10.7 Å². The Hall–Kier alpha value is -1.22. The van der Waals surface area contributed by atoms with E-state index in [9.17, 15) is 0 Å². The molecule has 0 aliphatic carbocycles. The first kappa shape index (κ1) is 10.3. The molecule has 0 aromatic heterocycles. The van der Waals surface area contributed by atoms with E-state index in [1.807, 2.05) is 24.3 Å². The molecule has 1 atom stereocenters. The summed E-state index contributed by atoms with van der Waals surface area (Å²) in [5.41, 5.74) is 6.32. The van der Waals surface area contributed by atoms with E-state index in [1.165, 1.54) is 0 Å². The number of nitrogens with two attached hydrogens (primary N) is 1. The largest absolute Gasteiger partial charge is 0.462 e. The SMILES string of the molecule is CC[C@]1(c2ccc(Cl)cc2)COC(N)=N1. The lowest BCUT2D eigenvalue weighted by Crippen LogP contribution is -2.24. The van der Waals surface area contributed by atoms with Crippen LogP contribution < -0.4 is 5.73 Å². The van der Waals surface area contributed by atoms with Crippen molar-refractivity contribution < 1.29 is 4.74 Å². The third-order valence-electron chi connectivity index (χ3n) is 2.75. The predicted molar refractivity (Wildman–Crippen MR) is 61.0 cm³/mol. The second-order valence-electron chi connectivity index (χ2n) is 3.63. The van der Waals surface area contributed by atoms with E-state index in [1.54, 1.807) is 0 Å². The Morgan fingerprint density at radius 1 is 1.47 bits per heavy atom. The van der Waals surface area contributed by atoms with Gasteiger partial charge in [-0.3, -0.25) is 0 Å². The van der Waals surface area contributed by atoms with Crippen LogP contribution in [0.3, 0.4) is 0 Å². The first-order valence-electron chi connectivity index (χ1n) is 4.90. The van der Waals surface area contributed by atoms with E-state index >= 15 is 0 Å². The molecule has 2 N–H and O–H groups in total. The fraction of sp³-hybridized carbons (Fsp3) is 0.364. The van der Waals surface area contributed by atoms with Crippen LogP contribution in [-0.4, -0.2) is 12.6 Å².